The molecule has 192 valence electrons. The van der Waals surface area contributed by atoms with Crippen LogP contribution in [-0.2, 0) is 26.8 Å². The number of nitrogens with one attached hydrogen (secondary N) is 1. The minimum Gasteiger partial charge on any atom is -0.351 e. The van der Waals surface area contributed by atoms with Gasteiger partial charge >= 0.3 is 0 Å². The van der Waals surface area contributed by atoms with Crippen LogP contribution in [0.25, 0.3) is 0 Å². The van der Waals surface area contributed by atoms with Gasteiger partial charge in [0.25, 0.3) is 0 Å². The van der Waals surface area contributed by atoms with Crippen LogP contribution in [0.4, 0.5) is 4.39 Å². The van der Waals surface area contributed by atoms with E-state index in [0.717, 1.165) is 0 Å². The van der Waals surface area contributed by atoms with E-state index in [0.29, 0.717) is 53.8 Å². The van der Waals surface area contributed by atoms with E-state index in [1.54, 1.807) is 24.3 Å². The van der Waals surface area contributed by atoms with Gasteiger partial charge in [-0.25, -0.2) is 12.8 Å². The summed E-state index contributed by atoms with van der Waals surface area (Å²) >= 11 is 18.1. The van der Waals surface area contributed by atoms with E-state index in [9.17, 15) is 17.6 Å². The molecule has 6 nitrogen and oxygen atoms in total. The Labute approximate surface area is 221 Å². The molecule has 2 aromatic carbocycles. The van der Waals surface area contributed by atoms with E-state index in [-0.39, 0.29) is 23.5 Å². The molecule has 0 aliphatic carbocycles. The first-order chi connectivity index (χ1) is 16.3. The van der Waals surface area contributed by atoms with Gasteiger partial charge in [0.1, 0.15) is 5.82 Å². The Morgan fingerprint density at radius 2 is 1.80 bits per heavy atom. The Kier molecular flexibility index (Phi) is 9.10. The van der Waals surface area contributed by atoms with Crippen molar-refractivity contribution in [2.75, 3.05) is 32.4 Å². The van der Waals surface area contributed by atoms with Crippen molar-refractivity contribution < 1.29 is 17.6 Å². The molecule has 1 amide bonds. The van der Waals surface area contributed by atoms with Crippen LogP contribution in [0, 0.1) is 5.82 Å². The molecule has 1 aliphatic rings. The molecule has 1 heterocycles. The van der Waals surface area contributed by atoms with Crippen molar-refractivity contribution in [1.29, 1.82) is 0 Å². The van der Waals surface area contributed by atoms with Gasteiger partial charge < -0.3 is 10.2 Å². The number of amides is 1. The molecule has 2 aromatic rings. The average molecular weight is 565 g/mol. The fourth-order valence-corrected chi connectivity index (χ4v) is 5.90. The molecule has 1 fully saturated rings. The maximum absolute atomic E-state index is 13.8. The maximum atomic E-state index is 13.8. The molecular formula is C24H29Cl3FN3O3S. The van der Waals surface area contributed by atoms with Crippen LogP contribution in [0.3, 0.4) is 0 Å². The molecule has 35 heavy (non-hydrogen) atoms. The summed E-state index contributed by atoms with van der Waals surface area (Å²) in [6.45, 7) is 5.95. The van der Waals surface area contributed by atoms with E-state index in [2.05, 4.69) is 10.2 Å². The molecule has 1 aliphatic heterocycles. The molecule has 0 saturated carbocycles. The summed E-state index contributed by atoms with van der Waals surface area (Å²) in [6, 6.07) is 9.37. The Morgan fingerprint density at radius 3 is 2.40 bits per heavy atom. The standard InChI is InChI=1S/C24H29Cl3FN3O3S/c1-16-15-30(10-11-31(16)35(3,33)34)9-8-24(2,18-5-7-19(25)21(27)13-18)23(32)29-14-17-4-6-20(26)22(28)12-17/h4-7,12-13,16H,8-11,14-15H2,1-3H3,(H,29,32). The van der Waals surface area contributed by atoms with Crippen LogP contribution in [-0.4, -0.2) is 62.0 Å². The lowest BCUT2D eigenvalue weighted by Crippen LogP contribution is -2.54. The van der Waals surface area contributed by atoms with Gasteiger partial charge in [-0.1, -0.05) is 46.9 Å². The third-order valence-electron chi connectivity index (χ3n) is 6.50. The van der Waals surface area contributed by atoms with Gasteiger partial charge in [-0.2, -0.15) is 4.31 Å². The van der Waals surface area contributed by atoms with Gasteiger partial charge in [0.05, 0.1) is 26.7 Å². The summed E-state index contributed by atoms with van der Waals surface area (Å²) in [5.41, 5.74) is 0.327. The van der Waals surface area contributed by atoms with Crippen molar-refractivity contribution in [2.45, 2.75) is 38.3 Å². The fourth-order valence-electron chi connectivity index (χ4n) is 4.35. The van der Waals surface area contributed by atoms with Gasteiger partial charge in [0.2, 0.25) is 15.9 Å². The number of piperazine rings is 1. The van der Waals surface area contributed by atoms with Crippen LogP contribution < -0.4 is 5.32 Å². The van der Waals surface area contributed by atoms with Crippen LogP contribution in [0.15, 0.2) is 36.4 Å². The fraction of sp³-hybridized carbons (Fsp3) is 0.458. The molecule has 1 N–H and O–H groups in total. The number of carbonyl (C=O) groups excluding carboxylic acids is 1. The number of hydrogen-bond acceptors (Lipinski definition) is 4. The Balaban J connectivity index is 1.77. The predicted octanol–water partition coefficient (Wildman–Crippen LogP) is 4.72. The predicted molar refractivity (Wildman–Crippen MR) is 139 cm³/mol. The summed E-state index contributed by atoms with van der Waals surface area (Å²) in [5, 5.41) is 3.67. The molecule has 0 aromatic heterocycles. The second-order valence-electron chi connectivity index (χ2n) is 9.17. The van der Waals surface area contributed by atoms with E-state index in [1.807, 2.05) is 13.8 Å². The van der Waals surface area contributed by atoms with E-state index in [4.69, 9.17) is 34.8 Å². The van der Waals surface area contributed by atoms with Crippen molar-refractivity contribution in [3.8, 4) is 0 Å². The lowest BCUT2D eigenvalue weighted by atomic mass is 9.78. The molecule has 0 radical (unpaired) electrons. The smallest absolute Gasteiger partial charge is 0.230 e. The zero-order valence-electron chi connectivity index (χ0n) is 19.8. The van der Waals surface area contributed by atoms with Crippen LogP contribution in [0.5, 0.6) is 0 Å². The van der Waals surface area contributed by atoms with Crippen LogP contribution in [0.2, 0.25) is 15.1 Å². The Hall–Kier alpha value is -1.42. The number of nitrogens with zero attached hydrogens (tertiary/aromatic N) is 2. The minimum absolute atomic E-state index is 0.0194. The zero-order valence-corrected chi connectivity index (χ0v) is 22.9. The molecule has 3 rings (SSSR count). The first kappa shape index (κ1) is 28.2. The molecule has 2 unspecified atom stereocenters. The molecule has 1 saturated heterocycles. The molecule has 0 spiro atoms. The van der Waals surface area contributed by atoms with E-state index >= 15 is 0 Å². The average Bonchev–Trinajstić information content (AvgIpc) is 2.79. The number of sulfonamides is 1. The highest BCUT2D eigenvalue weighted by Gasteiger charge is 2.37. The van der Waals surface area contributed by atoms with Crippen molar-refractivity contribution in [2.24, 2.45) is 0 Å². The van der Waals surface area contributed by atoms with Gasteiger partial charge in [0, 0.05) is 32.2 Å². The largest absolute Gasteiger partial charge is 0.351 e. The zero-order chi connectivity index (χ0) is 26.0. The highest BCUT2D eigenvalue weighted by atomic mass is 35.5. The first-order valence-corrected chi connectivity index (χ1v) is 14.2. The molecule has 0 bridgehead atoms. The van der Waals surface area contributed by atoms with Crippen molar-refractivity contribution in [3.05, 3.63) is 68.4 Å². The van der Waals surface area contributed by atoms with Crippen molar-refractivity contribution in [3.63, 3.8) is 0 Å². The maximum Gasteiger partial charge on any atom is 0.230 e. The minimum atomic E-state index is -3.27. The number of hydrogen-bond donors (Lipinski definition) is 1. The third-order valence-corrected chi connectivity index (χ3v) is 8.94. The summed E-state index contributed by atoms with van der Waals surface area (Å²) in [5.74, 6) is -0.790. The second-order valence-corrected chi connectivity index (χ2v) is 12.3. The lowest BCUT2D eigenvalue weighted by Gasteiger charge is -2.40. The summed E-state index contributed by atoms with van der Waals surface area (Å²) in [6.07, 6.45) is 1.68. The van der Waals surface area contributed by atoms with Crippen molar-refractivity contribution in [1.82, 2.24) is 14.5 Å². The first-order valence-electron chi connectivity index (χ1n) is 11.2. The van der Waals surface area contributed by atoms with Crippen LogP contribution >= 0.6 is 34.8 Å². The van der Waals surface area contributed by atoms with Gasteiger partial charge in [-0.05, 0) is 62.2 Å². The number of carbonyl (C=O) groups is 1. The third kappa shape index (κ3) is 6.87. The number of halogens is 4. The second kappa shape index (κ2) is 11.3. The van der Waals surface area contributed by atoms with Crippen LogP contribution in [0.1, 0.15) is 31.4 Å². The summed E-state index contributed by atoms with van der Waals surface area (Å²) in [4.78, 5) is 15.7. The Bertz CT molecular complexity index is 1200. The lowest BCUT2D eigenvalue weighted by molar-refractivity contribution is -0.126. The highest BCUT2D eigenvalue weighted by Crippen LogP contribution is 2.33. The topological polar surface area (TPSA) is 69.7 Å². The molecule has 11 heteroatoms. The number of benzene rings is 2. The highest BCUT2D eigenvalue weighted by molar-refractivity contribution is 7.88. The SMILES string of the molecule is CC1CN(CCC(C)(C(=O)NCc2ccc(Cl)c(F)c2)c2ccc(Cl)c(Cl)c2)CCN1S(C)(=O)=O. The summed E-state index contributed by atoms with van der Waals surface area (Å²) < 4.78 is 39.3. The van der Waals surface area contributed by atoms with Gasteiger partial charge in [-0.3, -0.25) is 4.79 Å². The summed E-state index contributed by atoms with van der Waals surface area (Å²) in [7, 11) is -3.27. The Morgan fingerprint density at radius 1 is 1.11 bits per heavy atom. The normalized spacial score (nSPS) is 19.3. The molecular weight excluding hydrogens is 536 g/mol. The van der Waals surface area contributed by atoms with Gasteiger partial charge in [0.15, 0.2) is 0 Å². The number of rotatable bonds is 8. The quantitative estimate of drug-likeness (QED) is 0.504. The van der Waals surface area contributed by atoms with Crippen molar-refractivity contribution >= 4 is 50.7 Å². The molecule has 2 atom stereocenters. The monoisotopic (exact) mass is 563 g/mol. The van der Waals surface area contributed by atoms with E-state index < -0.39 is 21.3 Å². The van der Waals surface area contributed by atoms with E-state index in [1.165, 1.54) is 22.7 Å². The van der Waals surface area contributed by atoms with Gasteiger partial charge in [-0.15, -0.1) is 0 Å².